The highest BCUT2D eigenvalue weighted by Gasteiger charge is 2.10. The van der Waals surface area contributed by atoms with Gasteiger partial charge < -0.3 is 20.7 Å². The summed E-state index contributed by atoms with van der Waals surface area (Å²) < 4.78 is 5.44. The van der Waals surface area contributed by atoms with E-state index in [0.717, 1.165) is 11.1 Å². The molecule has 0 amide bonds. The first-order valence-electron chi connectivity index (χ1n) is 5.32. The summed E-state index contributed by atoms with van der Waals surface area (Å²) in [6, 6.07) is 5.64. The molecule has 0 saturated heterocycles. The summed E-state index contributed by atoms with van der Waals surface area (Å²) in [6.45, 7) is 3.60. The van der Waals surface area contributed by atoms with E-state index in [9.17, 15) is 5.11 Å². The quantitative estimate of drug-likeness (QED) is 0.691. The molecular formula is C12H19NO3. The van der Waals surface area contributed by atoms with Crippen LogP contribution >= 0.6 is 0 Å². The number of nitrogens with two attached hydrogens (primary N) is 1. The van der Waals surface area contributed by atoms with Crippen molar-refractivity contribution in [2.45, 2.75) is 26.0 Å². The first kappa shape index (κ1) is 13.0. The van der Waals surface area contributed by atoms with E-state index >= 15 is 0 Å². The SMILES string of the molecule is Cc1ccc([C@@H](C)N)c(OCC(O)CO)c1. The van der Waals surface area contributed by atoms with Crippen LogP contribution in [0.4, 0.5) is 0 Å². The molecule has 0 aliphatic heterocycles. The monoisotopic (exact) mass is 225 g/mol. The van der Waals surface area contributed by atoms with Crippen LogP contribution in [-0.4, -0.2) is 29.5 Å². The van der Waals surface area contributed by atoms with Gasteiger partial charge in [0.05, 0.1) is 6.61 Å². The summed E-state index contributed by atoms with van der Waals surface area (Å²) in [5.41, 5.74) is 7.78. The second kappa shape index (κ2) is 5.84. The minimum absolute atomic E-state index is 0.0691. The second-order valence-electron chi connectivity index (χ2n) is 3.98. The molecule has 0 aromatic heterocycles. The standard InChI is InChI=1S/C12H19NO3/c1-8-3-4-11(9(2)13)12(5-8)16-7-10(15)6-14/h3-5,9-10,14-15H,6-7,13H2,1-2H3/t9-,10?/m1/s1. The molecule has 0 spiro atoms. The summed E-state index contributed by atoms with van der Waals surface area (Å²) in [4.78, 5) is 0. The third-order valence-electron chi connectivity index (χ3n) is 2.30. The Hall–Kier alpha value is -1.10. The number of ether oxygens (including phenoxy) is 1. The zero-order chi connectivity index (χ0) is 12.1. The normalized spacial score (nSPS) is 14.6. The predicted molar refractivity (Wildman–Crippen MR) is 62.4 cm³/mol. The van der Waals surface area contributed by atoms with E-state index in [0.29, 0.717) is 5.75 Å². The molecular weight excluding hydrogens is 206 g/mol. The van der Waals surface area contributed by atoms with Crippen LogP contribution in [0.5, 0.6) is 5.75 Å². The maximum atomic E-state index is 9.21. The smallest absolute Gasteiger partial charge is 0.124 e. The van der Waals surface area contributed by atoms with Crippen LogP contribution in [0.15, 0.2) is 18.2 Å². The van der Waals surface area contributed by atoms with E-state index in [1.807, 2.05) is 32.0 Å². The van der Waals surface area contributed by atoms with Crippen LogP contribution in [-0.2, 0) is 0 Å². The van der Waals surface area contributed by atoms with Crippen molar-refractivity contribution in [2.24, 2.45) is 5.73 Å². The van der Waals surface area contributed by atoms with Crippen molar-refractivity contribution in [3.8, 4) is 5.75 Å². The van der Waals surface area contributed by atoms with Crippen molar-refractivity contribution in [1.82, 2.24) is 0 Å². The summed E-state index contributed by atoms with van der Waals surface area (Å²) in [7, 11) is 0. The fourth-order valence-corrected chi connectivity index (χ4v) is 1.38. The van der Waals surface area contributed by atoms with Gasteiger partial charge in [-0.25, -0.2) is 0 Å². The van der Waals surface area contributed by atoms with E-state index in [1.54, 1.807) is 0 Å². The number of aliphatic hydroxyl groups excluding tert-OH is 2. The van der Waals surface area contributed by atoms with E-state index in [1.165, 1.54) is 0 Å². The third-order valence-corrected chi connectivity index (χ3v) is 2.30. The minimum Gasteiger partial charge on any atom is -0.490 e. The molecule has 0 bridgehead atoms. The van der Waals surface area contributed by atoms with Crippen LogP contribution in [0.1, 0.15) is 24.1 Å². The Morgan fingerprint density at radius 3 is 2.69 bits per heavy atom. The van der Waals surface area contributed by atoms with Crippen molar-refractivity contribution in [2.75, 3.05) is 13.2 Å². The fraction of sp³-hybridized carbons (Fsp3) is 0.500. The highest BCUT2D eigenvalue weighted by molar-refractivity contribution is 5.38. The van der Waals surface area contributed by atoms with Gasteiger partial charge in [-0.3, -0.25) is 0 Å². The minimum atomic E-state index is -0.860. The van der Waals surface area contributed by atoms with Gasteiger partial charge in [0.15, 0.2) is 0 Å². The van der Waals surface area contributed by atoms with Gasteiger partial charge in [-0.2, -0.15) is 0 Å². The van der Waals surface area contributed by atoms with Crippen molar-refractivity contribution in [1.29, 1.82) is 0 Å². The summed E-state index contributed by atoms with van der Waals surface area (Å²) in [5, 5.41) is 17.9. The molecule has 4 N–H and O–H groups in total. The van der Waals surface area contributed by atoms with E-state index in [4.69, 9.17) is 15.6 Å². The maximum Gasteiger partial charge on any atom is 0.124 e. The first-order chi connectivity index (χ1) is 7.54. The molecule has 0 aliphatic carbocycles. The Kier molecular flexibility index (Phi) is 4.73. The zero-order valence-corrected chi connectivity index (χ0v) is 9.68. The average Bonchev–Trinajstić information content (AvgIpc) is 2.25. The number of hydrogen-bond acceptors (Lipinski definition) is 4. The molecule has 0 fully saturated rings. The lowest BCUT2D eigenvalue weighted by molar-refractivity contribution is 0.0532. The Morgan fingerprint density at radius 1 is 1.44 bits per heavy atom. The van der Waals surface area contributed by atoms with Crippen LogP contribution < -0.4 is 10.5 Å². The van der Waals surface area contributed by atoms with E-state index in [-0.39, 0.29) is 19.3 Å². The molecule has 0 saturated carbocycles. The summed E-state index contributed by atoms with van der Waals surface area (Å²) in [6.07, 6.45) is -0.860. The highest BCUT2D eigenvalue weighted by atomic mass is 16.5. The number of hydrogen-bond donors (Lipinski definition) is 3. The van der Waals surface area contributed by atoms with Crippen molar-refractivity contribution in [3.05, 3.63) is 29.3 Å². The van der Waals surface area contributed by atoms with Gasteiger partial charge in [0.2, 0.25) is 0 Å². The molecule has 1 aromatic carbocycles. The van der Waals surface area contributed by atoms with Gasteiger partial charge in [-0.05, 0) is 25.5 Å². The van der Waals surface area contributed by atoms with Gasteiger partial charge in [0.1, 0.15) is 18.5 Å². The van der Waals surface area contributed by atoms with Crippen LogP contribution in [0.2, 0.25) is 0 Å². The highest BCUT2D eigenvalue weighted by Crippen LogP contribution is 2.25. The summed E-state index contributed by atoms with van der Waals surface area (Å²) in [5.74, 6) is 0.669. The largest absolute Gasteiger partial charge is 0.490 e. The van der Waals surface area contributed by atoms with Crippen LogP contribution in [0, 0.1) is 6.92 Å². The molecule has 4 nitrogen and oxygen atoms in total. The number of benzene rings is 1. The summed E-state index contributed by atoms with van der Waals surface area (Å²) >= 11 is 0. The molecule has 0 aliphatic rings. The van der Waals surface area contributed by atoms with Gasteiger partial charge in [-0.1, -0.05) is 12.1 Å². The number of rotatable bonds is 5. The predicted octanol–water partition coefficient (Wildman–Crippen LogP) is 0.747. The van der Waals surface area contributed by atoms with Gasteiger partial charge in [0, 0.05) is 11.6 Å². The Balaban J connectivity index is 2.80. The van der Waals surface area contributed by atoms with Gasteiger partial charge in [-0.15, -0.1) is 0 Å². The molecule has 1 unspecified atom stereocenters. The van der Waals surface area contributed by atoms with Gasteiger partial charge in [0.25, 0.3) is 0 Å². The molecule has 16 heavy (non-hydrogen) atoms. The fourth-order valence-electron chi connectivity index (χ4n) is 1.38. The average molecular weight is 225 g/mol. The third kappa shape index (κ3) is 3.48. The topological polar surface area (TPSA) is 75.7 Å². The maximum absolute atomic E-state index is 9.21. The molecule has 90 valence electrons. The van der Waals surface area contributed by atoms with Crippen molar-refractivity contribution in [3.63, 3.8) is 0 Å². The lowest BCUT2D eigenvalue weighted by atomic mass is 10.1. The van der Waals surface area contributed by atoms with Crippen molar-refractivity contribution >= 4 is 0 Å². The molecule has 4 heteroatoms. The lowest BCUT2D eigenvalue weighted by Crippen LogP contribution is -2.22. The molecule has 0 radical (unpaired) electrons. The Bertz CT molecular complexity index is 339. The van der Waals surface area contributed by atoms with Gasteiger partial charge >= 0.3 is 0 Å². The van der Waals surface area contributed by atoms with E-state index in [2.05, 4.69) is 0 Å². The second-order valence-corrected chi connectivity index (χ2v) is 3.98. The molecule has 2 atom stereocenters. The molecule has 1 aromatic rings. The Morgan fingerprint density at radius 2 is 2.12 bits per heavy atom. The molecule has 1 rings (SSSR count). The Labute approximate surface area is 95.7 Å². The van der Waals surface area contributed by atoms with E-state index < -0.39 is 6.10 Å². The lowest BCUT2D eigenvalue weighted by Gasteiger charge is -2.16. The zero-order valence-electron chi connectivity index (χ0n) is 9.68. The van der Waals surface area contributed by atoms with Crippen molar-refractivity contribution < 1.29 is 14.9 Å². The first-order valence-corrected chi connectivity index (χ1v) is 5.32. The van der Waals surface area contributed by atoms with Crippen LogP contribution in [0.3, 0.4) is 0 Å². The molecule has 0 heterocycles. The van der Waals surface area contributed by atoms with Crippen LogP contribution in [0.25, 0.3) is 0 Å². The number of aryl methyl sites for hydroxylation is 1. The number of aliphatic hydroxyl groups is 2.